The fraction of sp³-hybridized carbons (Fsp3) is 0.579. The summed E-state index contributed by atoms with van der Waals surface area (Å²) in [5.74, 6) is 1.52. The second-order valence-corrected chi connectivity index (χ2v) is 6.73. The number of fused-ring (bicyclic) bond motifs is 1. The highest BCUT2D eigenvalue weighted by Gasteiger charge is 2.28. The van der Waals surface area contributed by atoms with E-state index in [0.717, 1.165) is 42.8 Å². The number of likely N-dealkylation sites (tertiary alicyclic amines) is 1. The average molecular weight is 344 g/mol. The van der Waals surface area contributed by atoms with Crippen LogP contribution in [0.5, 0.6) is 0 Å². The van der Waals surface area contributed by atoms with Gasteiger partial charge in [-0.05, 0) is 31.4 Å². The van der Waals surface area contributed by atoms with Gasteiger partial charge in [-0.25, -0.2) is 9.78 Å². The molecule has 6 nitrogen and oxygen atoms in total. The number of amides is 2. The molecule has 1 aromatic heterocycles. The minimum atomic E-state index is -0.00638. The van der Waals surface area contributed by atoms with E-state index in [1.165, 1.54) is 0 Å². The van der Waals surface area contributed by atoms with E-state index in [0.29, 0.717) is 19.0 Å². The third kappa shape index (κ3) is 3.79. The zero-order valence-corrected chi connectivity index (χ0v) is 15.4. The van der Waals surface area contributed by atoms with E-state index in [9.17, 15) is 4.79 Å². The summed E-state index contributed by atoms with van der Waals surface area (Å²) < 4.78 is 7.70. The molecule has 1 N–H and O–H groups in total. The quantitative estimate of drug-likeness (QED) is 0.907. The molecule has 1 aliphatic rings. The molecule has 6 heteroatoms. The first-order valence-corrected chi connectivity index (χ1v) is 9.13. The largest absolute Gasteiger partial charge is 0.379 e. The molecule has 2 heterocycles. The van der Waals surface area contributed by atoms with Crippen LogP contribution >= 0.6 is 0 Å². The van der Waals surface area contributed by atoms with E-state index in [2.05, 4.69) is 29.8 Å². The van der Waals surface area contributed by atoms with E-state index in [1.807, 2.05) is 23.1 Å². The van der Waals surface area contributed by atoms with Crippen molar-refractivity contribution in [2.75, 3.05) is 26.7 Å². The number of rotatable bonds is 5. The van der Waals surface area contributed by atoms with Crippen LogP contribution < -0.4 is 5.32 Å². The van der Waals surface area contributed by atoms with E-state index in [-0.39, 0.29) is 12.1 Å². The number of nitrogens with zero attached hydrogens (tertiary/aromatic N) is 3. The molecule has 0 spiro atoms. The molecule has 3 rings (SSSR count). The highest BCUT2D eigenvalue weighted by Crippen LogP contribution is 2.19. The van der Waals surface area contributed by atoms with Crippen LogP contribution in [0.4, 0.5) is 4.79 Å². The van der Waals surface area contributed by atoms with Crippen molar-refractivity contribution in [2.24, 2.45) is 5.92 Å². The molecule has 1 aromatic carbocycles. The molecule has 0 radical (unpaired) electrons. The zero-order chi connectivity index (χ0) is 17.8. The predicted molar refractivity (Wildman–Crippen MR) is 98.7 cm³/mol. The Labute approximate surface area is 149 Å². The van der Waals surface area contributed by atoms with Gasteiger partial charge in [-0.3, -0.25) is 0 Å². The Morgan fingerprint density at radius 2 is 2.20 bits per heavy atom. The number of urea groups is 1. The fourth-order valence-corrected chi connectivity index (χ4v) is 3.59. The summed E-state index contributed by atoms with van der Waals surface area (Å²) in [6, 6.07) is 8.15. The minimum Gasteiger partial charge on any atom is -0.379 e. The van der Waals surface area contributed by atoms with Gasteiger partial charge >= 0.3 is 6.03 Å². The molecule has 1 aliphatic heterocycles. The fourth-order valence-electron chi connectivity index (χ4n) is 3.59. The predicted octanol–water partition coefficient (Wildman–Crippen LogP) is 2.67. The third-order valence-corrected chi connectivity index (χ3v) is 5.15. The topological polar surface area (TPSA) is 59.4 Å². The second-order valence-electron chi connectivity index (χ2n) is 6.73. The molecule has 1 saturated heterocycles. The maximum Gasteiger partial charge on any atom is 0.317 e. The highest BCUT2D eigenvalue weighted by molar-refractivity contribution is 5.76. The summed E-state index contributed by atoms with van der Waals surface area (Å²) in [6.07, 6.45) is 1.84. The van der Waals surface area contributed by atoms with Crippen molar-refractivity contribution >= 4 is 17.1 Å². The number of benzene rings is 1. The van der Waals surface area contributed by atoms with Gasteiger partial charge in [0.1, 0.15) is 5.82 Å². The van der Waals surface area contributed by atoms with Gasteiger partial charge in [0.15, 0.2) is 0 Å². The van der Waals surface area contributed by atoms with Crippen molar-refractivity contribution in [2.45, 2.75) is 39.3 Å². The summed E-state index contributed by atoms with van der Waals surface area (Å²) in [5, 5.41) is 3.03. The van der Waals surface area contributed by atoms with Crippen molar-refractivity contribution < 1.29 is 9.53 Å². The Morgan fingerprint density at radius 3 is 2.96 bits per heavy atom. The lowest BCUT2D eigenvalue weighted by atomic mass is 9.96. The van der Waals surface area contributed by atoms with Crippen LogP contribution in [-0.2, 0) is 17.7 Å². The lowest BCUT2D eigenvalue weighted by Gasteiger charge is -2.36. The minimum absolute atomic E-state index is 0.00638. The van der Waals surface area contributed by atoms with Gasteiger partial charge in [-0.15, -0.1) is 0 Å². The maximum atomic E-state index is 12.4. The molecule has 2 atom stereocenters. The monoisotopic (exact) mass is 344 g/mol. The van der Waals surface area contributed by atoms with Crippen LogP contribution in [0.2, 0.25) is 0 Å². The average Bonchev–Trinajstić information content (AvgIpc) is 2.99. The van der Waals surface area contributed by atoms with Crippen molar-refractivity contribution in [1.82, 2.24) is 19.8 Å². The molecule has 0 saturated carbocycles. The first-order chi connectivity index (χ1) is 12.1. The molecule has 0 aliphatic carbocycles. The number of para-hydroxylation sites is 2. The Bertz CT molecular complexity index is 727. The number of carbonyl (C=O) groups is 1. The summed E-state index contributed by atoms with van der Waals surface area (Å²) in [4.78, 5) is 19.0. The number of hydrogen-bond donors (Lipinski definition) is 1. The number of methoxy groups -OCH3 is 1. The molecule has 136 valence electrons. The number of ether oxygens (including phenoxy) is 1. The SMILES string of the molecule is CCn1c(CCNC(=O)N2CC[C@H](C)[C@@H](OC)C2)nc2ccccc21. The zero-order valence-electron chi connectivity index (χ0n) is 15.4. The van der Waals surface area contributed by atoms with Gasteiger partial charge in [0.25, 0.3) is 0 Å². The van der Waals surface area contributed by atoms with Crippen molar-refractivity contribution in [3.8, 4) is 0 Å². The molecule has 2 amide bonds. The second kappa shape index (κ2) is 7.87. The number of imidazole rings is 1. The van der Waals surface area contributed by atoms with Gasteiger partial charge in [0.05, 0.1) is 17.1 Å². The number of hydrogen-bond acceptors (Lipinski definition) is 3. The first-order valence-electron chi connectivity index (χ1n) is 9.13. The van der Waals surface area contributed by atoms with Gasteiger partial charge < -0.3 is 19.5 Å². The summed E-state index contributed by atoms with van der Waals surface area (Å²) >= 11 is 0. The van der Waals surface area contributed by atoms with Crippen LogP contribution in [-0.4, -0.2) is 53.3 Å². The first kappa shape index (κ1) is 17.7. The Kier molecular flexibility index (Phi) is 5.58. The van der Waals surface area contributed by atoms with Crippen LogP contribution in [0.15, 0.2) is 24.3 Å². The molecule has 0 bridgehead atoms. The van der Waals surface area contributed by atoms with Crippen molar-refractivity contribution in [1.29, 1.82) is 0 Å². The lowest BCUT2D eigenvalue weighted by molar-refractivity contribution is 0.00721. The number of carbonyl (C=O) groups excluding carboxylic acids is 1. The summed E-state index contributed by atoms with van der Waals surface area (Å²) in [7, 11) is 1.72. The molecule has 2 aromatic rings. The van der Waals surface area contributed by atoms with Crippen LogP contribution in [0.1, 0.15) is 26.1 Å². The van der Waals surface area contributed by atoms with Crippen LogP contribution in [0, 0.1) is 5.92 Å². The Morgan fingerprint density at radius 1 is 1.40 bits per heavy atom. The standard InChI is InChI=1S/C19H28N4O2/c1-4-23-16-8-6-5-7-15(16)21-18(23)9-11-20-19(24)22-12-10-14(2)17(13-22)25-3/h5-8,14,17H,4,9-13H2,1-3H3,(H,20,24)/t14-,17-/m0/s1. The van der Waals surface area contributed by atoms with E-state index >= 15 is 0 Å². The number of piperidine rings is 1. The smallest absolute Gasteiger partial charge is 0.317 e. The van der Waals surface area contributed by atoms with Gasteiger partial charge in [-0.1, -0.05) is 19.1 Å². The molecular weight excluding hydrogens is 316 g/mol. The highest BCUT2D eigenvalue weighted by atomic mass is 16.5. The number of aromatic nitrogens is 2. The van der Waals surface area contributed by atoms with Gasteiger partial charge in [0.2, 0.25) is 0 Å². The van der Waals surface area contributed by atoms with Crippen LogP contribution in [0.25, 0.3) is 11.0 Å². The maximum absolute atomic E-state index is 12.4. The normalized spacial score (nSPS) is 20.8. The summed E-state index contributed by atoms with van der Waals surface area (Å²) in [6.45, 7) is 7.22. The van der Waals surface area contributed by atoms with Gasteiger partial charge in [-0.2, -0.15) is 0 Å². The Balaban J connectivity index is 1.57. The lowest BCUT2D eigenvalue weighted by Crippen LogP contribution is -2.50. The summed E-state index contributed by atoms with van der Waals surface area (Å²) in [5.41, 5.74) is 2.16. The molecular formula is C19H28N4O2. The van der Waals surface area contributed by atoms with Gasteiger partial charge in [0, 0.05) is 39.7 Å². The van der Waals surface area contributed by atoms with Crippen molar-refractivity contribution in [3.63, 3.8) is 0 Å². The van der Waals surface area contributed by atoms with E-state index in [4.69, 9.17) is 9.72 Å². The number of aryl methyl sites for hydroxylation is 1. The molecule has 1 fully saturated rings. The van der Waals surface area contributed by atoms with E-state index < -0.39 is 0 Å². The van der Waals surface area contributed by atoms with Crippen molar-refractivity contribution in [3.05, 3.63) is 30.1 Å². The van der Waals surface area contributed by atoms with E-state index in [1.54, 1.807) is 7.11 Å². The molecule has 0 unspecified atom stereocenters. The number of nitrogens with one attached hydrogen (secondary N) is 1. The molecule has 25 heavy (non-hydrogen) atoms. The third-order valence-electron chi connectivity index (χ3n) is 5.15. The van der Waals surface area contributed by atoms with Crippen LogP contribution in [0.3, 0.4) is 0 Å². The Hall–Kier alpha value is -2.08.